The maximum Gasteiger partial charge on any atom is 0.338 e. The van der Waals surface area contributed by atoms with Crippen LogP contribution in [0.1, 0.15) is 23.0 Å². The van der Waals surface area contributed by atoms with Crippen molar-refractivity contribution in [3.8, 4) is 5.75 Å². The lowest BCUT2D eigenvalue weighted by Gasteiger charge is -2.17. The fourth-order valence-electron chi connectivity index (χ4n) is 2.44. The van der Waals surface area contributed by atoms with E-state index in [0.29, 0.717) is 22.1 Å². The van der Waals surface area contributed by atoms with Gasteiger partial charge in [-0.05, 0) is 30.3 Å². The quantitative estimate of drug-likeness (QED) is 0.598. The number of esters is 1. The molecule has 1 heterocycles. The topological polar surface area (TPSA) is 68.7 Å². The van der Waals surface area contributed by atoms with Crippen LogP contribution in [0.4, 0.5) is 10.8 Å². The van der Waals surface area contributed by atoms with E-state index in [1.54, 1.807) is 29.6 Å². The molecule has 0 bridgehead atoms. The first-order valence-electron chi connectivity index (χ1n) is 8.20. The van der Waals surface area contributed by atoms with Crippen molar-refractivity contribution >= 4 is 34.0 Å². The molecule has 0 radical (unpaired) electrons. The van der Waals surface area contributed by atoms with Gasteiger partial charge in [-0.25, -0.2) is 9.78 Å². The second kappa shape index (κ2) is 8.46. The summed E-state index contributed by atoms with van der Waals surface area (Å²) in [5.41, 5.74) is 1.71. The Balaban J connectivity index is 1.70. The van der Waals surface area contributed by atoms with Crippen LogP contribution in [0.2, 0.25) is 0 Å². The smallest absolute Gasteiger partial charge is 0.338 e. The van der Waals surface area contributed by atoms with Crippen LogP contribution in [-0.2, 0) is 16.1 Å². The van der Waals surface area contributed by atoms with E-state index in [0.717, 1.165) is 5.69 Å². The zero-order valence-electron chi connectivity index (χ0n) is 14.9. The molecule has 3 rings (SSSR count). The molecule has 0 aliphatic heterocycles. The second-order valence-electron chi connectivity index (χ2n) is 5.62. The number of thiazole rings is 1. The van der Waals surface area contributed by atoms with Gasteiger partial charge in [0.05, 0.1) is 24.1 Å². The molecule has 0 N–H and O–H groups in total. The van der Waals surface area contributed by atoms with Gasteiger partial charge in [-0.3, -0.25) is 9.69 Å². The van der Waals surface area contributed by atoms with Gasteiger partial charge in [-0.15, -0.1) is 11.3 Å². The summed E-state index contributed by atoms with van der Waals surface area (Å²) in [5.74, 6) is -0.0224. The number of benzene rings is 2. The van der Waals surface area contributed by atoms with Crippen LogP contribution in [0.25, 0.3) is 0 Å². The van der Waals surface area contributed by atoms with Crippen molar-refractivity contribution in [2.75, 3.05) is 12.0 Å². The van der Waals surface area contributed by atoms with Gasteiger partial charge in [-0.1, -0.05) is 24.3 Å². The van der Waals surface area contributed by atoms with Crippen molar-refractivity contribution in [2.45, 2.75) is 13.5 Å². The van der Waals surface area contributed by atoms with Crippen molar-refractivity contribution in [1.29, 1.82) is 0 Å². The highest BCUT2D eigenvalue weighted by atomic mass is 32.1. The number of carbonyl (C=O) groups excluding carboxylic acids is 2. The predicted octanol–water partition coefficient (Wildman–Crippen LogP) is 4.19. The minimum absolute atomic E-state index is 0.0209. The molecule has 0 saturated carbocycles. The van der Waals surface area contributed by atoms with Gasteiger partial charge < -0.3 is 9.47 Å². The van der Waals surface area contributed by atoms with Crippen molar-refractivity contribution in [3.63, 3.8) is 0 Å². The fraction of sp³-hybridized carbons (Fsp3) is 0.150. The molecule has 138 valence electrons. The molecule has 0 aliphatic carbocycles. The summed E-state index contributed by atoms with van der Waals surface area (Å²) in [7, 11) is 1.54. The van der Waals surface area contributed by atoms with Crippen LogP contribution >= 0.6 is 11.3 Å². The normalized spacial score (nSPS) is 10.3. The molecule has 27 heavy (non-hydrogen) atoms. The highest BCUT2D eigenvalue weighted by Gasteiger charge is 2.18. The molecule has 0 fully saturated rings. The number of hydrogen-bond donors (Lipinski definition) is 0. The van der Waals surface area contributed by atoms with Crippen LogP contribution in [0.3, 0.4) is 0 Å². The first kappa shape index (κ1) is 18.6. The Hall–Kier alpha value is -3.19. The number of rotatable bonds is 6. The molecule has 0 atom stereocenters. The van der Waals surface area contributed by atoms with Crippen molar-refractivity contribution in [3.05, 3.63) is 71.2 Å². The van der Waals surface area contributed by atoms with Crippen LogP contribution in [-0.4, -0.2) is 24.0 Å². The summed E-state index contributed by atoms with van der Waals surface area (Å²) in [6.07, 6.45) is 0. The maximum atomic E-state index is 12.2. The third-order valence-electron chi connectivity index (χ3n) is 3.72. The number of hydrogen-bond acceptors (Lipinski definition) is 6. The van der Waals surface area contributed by atoms with Crippen molar-refractivity contribution in [2.24, 2.45) is 0 Å². The predicted molar refractivity (Wildman–Crippen MR) is 103 cm³/mol. The number of para-hydroxylation sites is 1. The molecule has 1 aromatic heterocycles. The van der Waals surface area contributed by atoms with Gasteiger partial charge in [0.25, 0.3) is 0 Å². The first-order chi connectivity index (χ1) is 13.1. The average molecular weight is 382 g/mol. The van der Waals surface area contributed by atoms with E-state index < -0.39 is 5.97 Å². The fourth-order valence-corrected chi connectivity index (χ4v) is 3.31. The Kier molecular flexibility index (Phi) is 5.83. The molecular weight excluding hydrogens is 364 g/mol. The van der Waals surface area contributed by atoms with E-state index in [1.165, 1.54) is 30.3 Å². The minimum Gasteiger partial charge on any atom is -0.497 e. The largest absolute Gasteiger partial charge is 0.497 e. The number of methoxy groups -OCH3 is 1. The zero-order chi connectivity index (χ0) is 19.2. The number of anilines is 2. The molecule has 2 aromatic carbocycles. The third kappa shape index (κ3) is 4.51. The number of ether oxygens (including phenoxy) is 2. The Morgan fingerprint density at radius 1 is 1.11 bits per heavy atom. The zero-order valence-corrected chi connectivity index (χ0v) is 15.7. The summed E-state index contributed by atoms with van der Waals surface area (Å²) >= 11 is 1.32. The van der Waals surface area contributed by atoms with Crippen molar-refractivity contribution in [1.82, 2.24) is 4.98 Å². The van der Waals surface area contributed by atoms with Crippen LogP contribution in [0.15, 0.2) is 60.0 Å². The molecule has 0 aliphatic rings. The lowest BCUT2D eigenvalue weighted by atomic mass is 10.2. The summed E-state index contributed by atoms with van der Waals surface area (Å²) in [4.78, 5) is 30.2. The molecule has 0 unspecified atom stereocenters. The molecule has 3 aromatic rings. The molecular formula is C20H18N2O4S. The Labute approximate surface area is 161 Å². The van der Waals surface area contributed by atoms with Gasteiger partial charge in [0.15, 0.2) is 5.13 Å². The highest BCUT2D eigenvalue weighted by molar-refractivity contribution is 7.14. The standard InChI is InChI=1S/C20H18N2O4S/c1-14(23)22(17-8-4-3-5-9-17)20-21-16(13-27-20)12-26-19(24)15-7-6-10-18(11-15)25-2/h3-11,13H,12H2,1-2H3. The molecule has 7 heteroatoms. The van der Waals surface area contributed by atoms with E-state index in [2.05, 4.69) is 4.98 Å². The average Bonchev–Trinajstić information content (AvgIpc) is 3.15. The molecule has 0 spiro atoms. The van der Waals surface area contributed by atoms with Crippen LogP contribution < -0.4 is 9.64 Å². The summed E-state index contributed by atoms with van der Waals surface area (Å²) in [5, 5.41) is 2.30. The maximum absolute atomic E-state index is 12.2. The number of carbonyl (C=O) groups is 2. The van der Waals surface area contributed by atoms with E-state index in [9.17, 15) is 9.59 Å². The van der Waals surface area contributed by atoms with Gasteiger partial charge >= 0.3 is 5.97 Å². The summed E-state index contributed by atoms with van der Waals surface area (Å²) < 4.78 is 10.4. The molecule has 0 saturated heterocycles. The number of nitrogens with zero attached hydrogens (tertiary/aromatic N) is 2. The Bertz CT molecular complexity index is 940. The van der Waals surface area contributed by atoms with E-state index in [-0.39, 0.29) is 12.5 Å². The summed E-state index contributed by atoms with van der Waals surface area (Å²) in [6.45, 7) is 1.50. The van der Waals surface area contributed by atoms with E-state index >= 15 is 0 Å². The lowest BCUT2D eigenvalue weighted by molar-refractivity contribution is -0.115. The number of aromatic nitrogens is 1. The van der Waals surface area contributed by atoms with Gasteiger partial charge in [0.2, 0.25) is 5.91 Å². The Morgan fingerprint density at radius 3 is 2.59 bits per heavy atom. The van der Waals surface area contributed by atoms with Crippen LogP contribution in [0.5, 0.6) is 5.75 Å². The monoisotopic (exact) mass is 382 g/mol. The van der Waals surface area contributed by atoms with Gasteiger partial charge in [0.1, 0.15) is 12.4 Å². The second-order valence-corrected chi connectivity index (χ2v) is 6.46. The van der Waals surface area contributed by atoms with Crippen molar-refractivity contribution < 1.29 is 19.1 Å². The molecule has 6 nitrogen and oxygen atoms in total. The summed E-state index contributed by atoms with van der Waals surface area (Å²) in [6, 6.07) is 16.0. The number of amides is 1. The van der Waals surface area contributed by atoms with Crippen LogP contribution in [0, 0.1) is 0 Å². The minimum atomic E-state index is -0.463. The SMILES string of the molecule is COc1cccc(C(=O)OCc2csc(N(C(C)=O)c3ccccc3)n2)c1. The van der Waals surface area contributed by atoms with Gasteiger partial charge in [-0.2, -0.15) is 0 Å². The lowest BCUT2D eigenvalue weighted by Crippen LogP contribution is -2.22. The highest BCUT2D eigenvalue weighted by Crippen LogP contribution is 2.29. The molecule has 1 amide bonds. The Morgan fingerprint density at radius 2 is 1.89 bits per heavy atom. The third-order valence-corrected chi connectivity index (χ3v) is 4.59. The van der Waals surface area contributed by atoms with E-state index in [4.69, 9.17) is 9.47 Å². The van der Waals surface area contributed by atoms with Gasteiger partial charge in [0, 0.05) is 12.3 Å². The first-order valence-corrected chi connectivity index (χ1v) is 9.08. The van der Waals surface area contributed by atoms with E-state index in [1.807, 2.05) is 30.3 Å².